The molecule has 0 fully saturated rings. The molecule has 31 heavy (non-hydrogen) atoms. The Bertz CT molecular complexity index is 1230. The van der Waals surface area contributed by atoms with Crippen LogP contribution in [0.2, 0.25) is 0 Å². The van der Waals surface area contributed by atoms with E-state index >= 15 is 0 Å². The maximum atomic E-state index is 9.14. The lowest BCUT2D eigenvalue weighted by atomic mass is 10.1. The van der Waals surface area contributed by atoms with Crippen LogP contribution >= 0.6 is 0 Å². The van der Waals surface area contributed by atoms with Crippen LogP contribution in [-0.2, 0) is 6.54 Å². The van der Waals surface area contributed by atoms with Crippen molar-refractivity contribution >= 4 is 5.95 Å². The number of hydrogen-bond acceptors (Lipinski definition) is 7. The molecule has 0 spiro atoms. The van der Waals surface area contributed by atoms with Gasteiger partial charge in [-0.15, -0.1) is 5.10 Å². The molecule has 0 aliphatic heterocycles. The third-order valence-electron chi connectivity index (χ3n) is 4.57. The van der Waals surface area contributed by atoms with E-state index in [-0.39, 0.29) is 5.95 Å². The number of nitriles is 1. The van der Waals surface area contributed by atoms with E-state index in [0.717, 1.165) is 23.3 Å². The lowest BCUT2D eigenvalue weighted by Gasteiger charge is -2.06. The number of benzene rings is 2. The number of ether oxygens (including phenoxy) is 1. The summed E-state index contributed by atoms with van der Waals surface area (Å²) in [4.78, 5) is 8.60. The summed E-state index contributed by atoms with van der Waals surface area (Å²) in [6, 6.07) is 19.0. The van der Waals surface area contributed by atoms with E-state index < -0.39 is 0 Å². The summed E-state index contributed by atoms with van der Waals surface area (Å²) in [5, 5.41) is 17.6. The second-order valence-corrected chi connectivity index (χ2v) is 6.98. The molecule has 2 aromatic carbocycles. The molecule has 0 aliphatic rings. The van der Waals surface area contributed by atoms with Crippen molar-refractivity contribution in [1.29, 1.82) is 5.26 Å². The maximum absolute atomic E-state index is 9.14. The van der Waals surface area contributed by atoms with E-state index in [9.17, 15) is 0 Å². The summed E-state index contributed by atoms with van der Waals surface area (Å²) in [5.41, 5.74) is 10.1. The summed E-state index contributed by atoms with van der Waals surface area (Å²) < 4.78 is 7.36. The van der Waals surface area contributed by atoms with Crippen LogP contribution in [0.25, 0.3) is 22.6 Å². The molecule has 0 atom stereocenters. The van der Waals surface area contributed by atoms with Crippen molar-refractivity contribution in [2.75, 3.05) is 12.3 Å². The van der Waals surface area contributed by atoms with E-state index in [1.54, 1.807) is 28.9 Å². The zero-order valence-electron chi connectivity index (χ0n) is 17.1. The van der Waals surface area contributed by atoms with Crippen molar-refractivity contribution in [2.24, 2.45) is 0 Å². The highest BCUT2D eigenvalue weighted by Crippen LogP contribution is 2.24. The Hall–Kier alpha value is -4.25. The van der Waals surface area contributed by atoms with Gasteiger partial charge >= 0.3 is 0 Å². The van der Waals surface area contributed by atoms with Gasteiger partial charge in [0.1, 0.15) is 11.4 Å². The highest BCUT2D eigenvalue weighted by molar-refractivity contribution is 5.68. The van der Waals surface area contributed by atoms with Crippen LogP contribution < -0.4 is 10.5 Å². The first-order valence-electron chi connectivity index (χ1n) is 9.92. The Labute approximate surface area is 180 Å². The quantitative estimate of drug-likeness (QED) is 0.493. The van der Waals surface area contributed by atoms with Crippen molar-refractivity contribution in [3.05, 3.63) is 71.9 Å². The second-order valence-electron chi connectivity index (χ2n) is 6.98. The topological polar surface area (TPSA) is 116 Å². The largest absolute Gasteiger partial charge is 0.494 e. The number of rotatable bonds is 7. The van der Waals surface area contributed by atoms with Crippen molar-refractivity contribution in [2.45, 2.75) is 19.9 Å². The maximum Gasteiger partial charge on any atom is 0.221 e. The van der Waals surface area contributed by atoms with Gasteiger partial charge in [-0.05, 0) is 42.3 Å². The number of hydrogen-bond donors (Lipinski definition) is 1. The van der Waals surface area contributed by atoms with Gasteiger partial charge in [0.05, 0.1) is 42.4 Å². The minimum atomic E-state index is 0.132. The van der Waals surface area contributed by atoms with Crippen LogP contribution in [0.3, 0.4) is 0 Å². The molecule has 2 N–H and O–H groups in total. The van der Waals surface area contributed by atoms with E-state index in [2.05, 4.69) is 33.3 Å². The molecule has 0 amide bonds. The van der Waals surface area contributed by atoms with Crippen LogP contribution in [0.5, 0.6) is 5.75 Å². The fraction of sp³-hybridized carbons (Fsp3) is 0.174. The Balaban J connectivity index is 1.55. The number of nitrogens with zero attached hydrogens (tertiary/aromatic N) is 6. The first-order valence-corrected chi connectivity index (χ1v) is 9.92. The normalized spacial score (nSPS) is 10.6. The van der Waals surface area contributed by atoms with Gasteiger partial charge in [-0.3, -0.25) is 0 Å². The summed E-state index contributed by atoms with van der Waals surface area (Å²) in [5.74, 6) is 0.987. The number of anilines is 1. The van der Waals surface area contributed by atoms with Crippen LogP contribution in [0.4, 0.5) is 5.95 Å². The van der Waals surface area contributed by atoms with Crippen molar-refractivity contribution in [3.63, 3.8) is 0 Å². The predicted molar refractivity (Wildman–Crippen MR) is 117 cm³/mol. The molecule has 0 aliphatic carbocycles. The van der Waals surface area contributed by atoms with E-state index in [1.165, 1.54) is 0 Å². The monoisotopic (exact) mass is 411 g/mol. The minimum Gasteiger partial charge on any atom is -0.494 e. The van der Waals surface area contributed by atoms with Gasteiger partial charge in [0.25, 0.3) is 0 Å². The molecule has 8 nitrogen and oxygen atoms in total. The van der Waals surface area contributed by atoms with Crippen LogP contribution in [-0.4, -0.2) is 31.6 Å². The highest BCUT2D eigenvalue weighted by Gasteiger charge is 2.11. The molecular formula is C23H21N7O. The molecular weight excluding hydrogens is 390 g/mol. The number of nitrogen functional groups attached to an aromatic ring is 1. The SMILES string of the molecule is CCCOc1ccc(Cn2cc(-c3cc(-c4cccc(C#N)c4)nc(N)n3)nn2)cc1. The average Bonchev–Trinajstić information content (AvgIpc) is 3.27. The van der Waals surface area contributed by atoms with Gasteiger partial charge in [-0.2, -0.15) is 5.26 Å². The smallest absolute Gasteiger partial charge is 0.221 e. The van der Waals surface area contributed by atoms with Crippen LogP contribution in [0.15, 0.2) is 60.8 Å². The number of nitrogens with two attached hydrogens (primary N) is 1. The second kappa shape index (κ2) is 9.05. The molecule has 0 radical (unpaired) electrons. The zero-order valence-corrected chi connectivity index (χ0v) is 17.1. The third kappa shape index (κ3) is 4.85. The molecule has 0 saturated heterocycles. The molecule has 154 valence electrons. The van der Waals surface area contributed by atoms with Crippen LogP contribution in [0, 0.1) is 11.3 Å². The first-order chi connectivity index (χ1) is 15.1. The van der Waals surface area contributed by atoms with E-state index in [0.29, 0.717) is 35.8 Å². The van der Waals surface area contributed by atoms with Gasteiger partial charge in [-0.1, -0.05) is 36.4 Å². The highest BCUT2D eigenvalue weighted by atomic mass is 16.5. The van der Waals surface area contributed by atoms with Gasteiger partial charge in [0.2, 0.25) is 5.95 Å². The molecule has 2 aromatic heterocycles. The fourth-order valence-corrected chi connectivity index (χ4v) is 3.08. The molecule has 0 saturated carbocycles. The van der Waals surface area contributed by atoms with E-state index in [4.69, 9.17) is 15.7 Å². The van der Waals surface area contributed by atoms with Gasteiger partial charge in [0, 0.05) is 5.56 Å². The van der Waals surface area contributed by atoms with Crippen molar-refractivity contribution in [1.82, 2.24) is 25.0 Å². The van der Waals surface area contributed by atoms with Gasteiger partial charge < -0.3 is 10.5 Å². The lowest BCUT2D eigenvalue weighted by molar-refractivity contribution is 0.317. The Morgan fingerprint density at radius 2 is 1.84 bits per heavy atom. The van der Waals surface area contributed by atoms with Crippen LogP contribution in [0.1, 0.15) is 24.5 Å². The average molecular weight is 411 g/mol. The van der Waals surface area contributed by atoms with Crippen molar-refractivity contribution in [3.8, 4) is 34.5 Å². The lowest BCUT2D eigenvalue weighted by Crippen LogP contribution is -2.01. The predicted octanol–water partition coefficient (Wildman–Crippen LogP) is 3.69. The molecule has 2 heterocycles. The molecule has 4 rings (SSSR count). The molecule has 4 aromatic rings. The van der Waals surface area contributed by atoms with Crippen molar-refractivity contribution < 1.29 is 4.74 Å². The fourth-order valence-electron chi connectivity index (χ4n) is 3.08. The summed E-state index contributed by atoms with van der Waals surface area (Å²) in [6.07, 6.45) is 2.79. The van der Waals surface area contributed by atoms with Gasteiger partial charge in [-0.25, -0.2) is 14.6 Å². The third-order valence-corrected chi connectivity index (χ3v) is 4.57. The Morgan fingerprint density at radius 1 is 1.03 bits per heavy atom. The summed E-state index contributed by atoms with van der Waals surface area (Å²) in [7, 11) is 0. The Morgan fingerprint density at radius 3 is 2.61 bits per heavy atom. The Kier molecular flexibility index (Phi) is 5.85. The summed E-state index contributed by atoms with van der Waals surface area (Å²) in [6.45, 7) is 3.35. The minimum absolute atomic E-state index is 0.132. The van der Waals surface area contributed by atoms with E-state index in [1.807, 2.05) is 36.5 Å². The standard InChI is InChI=1S/C23H21N7O/c1-2-10-31-19-8-6-16(7-9-19)14-30-15-22(28-29-30)21-12-20(26-23(25)27-21)18-5-3-4-17(11-18)13-24/h3-9,11-12,15H,2,10,14H2,1H3,(H2,25,26,27). The molecule has 0 bridgehead atoms. The number of aromatic nitrogens is 5. The molecule has 8 heteroatoms. The first kappa shape index (κ1) is 20.0. The summed E-state index contributed by atoms with van der Waals surface area (Å²) >= 11 is 0. The van der Waals surface area contributed by atoms with Gasteiger partial charge in [0.15, 0.2) is 0 Å². The zero-order chi connectivity index (χ0) is 21.6. The molecule has 0 unspecified atom stereocenters.